The molecule has 0 radical (unpaired) electrons. The number of imidazole rings is 1. The number of anilines is 1. The van der Waals surface area contributed by atoms with Crippen LogP contribution in [0.1, 0.15) is 73.6 Å². The van der Waals surface area contributed by atoms with Gasteiger partial charge in [-0.05, 0) is 47.1 Å². The van der Waals surface area contributed by atoms with Crippen LogP contribution in [0, 0.1) is 6.42 Å². The van der Waals surface area contributed by atoms with Crippen LogP contribution in [0.15, 0.2) is 39.9 Å². The van der Waals surface area contributed by atoms with E-state index in [0.29, 0.717) is 47.6 Å². The van der Waals surface area contributed by atoms with Gasteiger partial charge in [-0.2, -0.15) is 21.6 Å². The van der Waals surface area contributed by atoms with Crippen molar-refractivity contribution in [3.63, 3.8) is 0 Å². The first-order chi connectivity index (χ1) is 20.9. The topological polar surface area (TPSA) is 112 Å². The minimum absolute atomic E-state index is 0. The predicted octanol–water partition coefficient (Wildman–Crippen LogP) is 2.82. The monoisotopic (exact) mass is 715 g/mol. The minimum atomic E-state index is -3.18. The third-order valence-corrected chi connectivity index (χ3v) is 7.85. The van der Waals surface area contributed by atoms with Gasteiger partial charge in [0.25, 0.3) is 17.7 Å². The second-order valence-electron chi connectivity index (χ2n) is 10.7. The summed E-state index contributed by atoms with van der Waals surface area (Å²) in [5.74, 6) is -3.89. The van der Waals surface area contributed by atoms with E-state index in [1.54, 1.807) is 42.0 Å². The van der Waals surface area contributed by atoms with Crippen LogP contribution in [0.25, 0.3) is 5.57 Å². The van der Waals surface area contributed by atoms with E-state index < -0.39 is 17.5 Å². The number of halogens is 3. The molecule has 240 valence electrons. The van der Waals surface area contributed by atoms with Gasteiger partial charge >= 0.3 is 57.4 Å². The smallest absolute Gasteiger partial charge is 0.340 e. The first-order valence-electron chi connectivity index (χ1n) is 14.7. The van der Waals surface area contributed by atoms with Gasteiger partial charge in [0, 0.05) is 62.9 Å². The van der Waals surface area contributed by atoms with E-state index in [0.717, 1.165) is 19.8 Å². The number of hydrogen-bond donors (Lipinski definition) is 2. The number of amides is 4. The maximum Gasteiger partial charge on any atom is 1.00 e. The van der Waals surface area contributed by atoms with Gasteiger partial charge in [-0.25, -0.2) is 9.78 Å². The molecule has 1 saturated heterocycles. The molecule has 1 aliphatic carbocycles. The molecule has 45 heavy (non-hydrogen) atoms. The van der Waals surface area contributed by atoms with E-state index in [1.165, 1.54) is 30.3 Å². The number of carbonyl (C=O) groups excluding carboxylic acids is 3. The van der Waals surface area contributed by atoms with Crippen molar-refractivity contribution < 1.29 is 74.5 Å². The summed E-state index contributed by atoms with van der Waals surface area (Å²) < 4.78 is 30.2. The minimum Gasteiger partial charge on any atom is -0.340 e. The average molecular weight is 717 g/mol. The molecule has 2 heterocycles. The number of piperazine rings is 1. The predicted molar refractivity (Wildman–Crippen MR) is 172 cm³/mol. The Labute approximate surface area is 315 Å². The van der Waals surface area contributed by atoms with Gasteiger partial charge in [-0.1, -0.05) is 26.3 Å². The Morgan fingerprint density at radius 3 is 2.24 bits per heavy atom. The zero-order chi connectivity index (χ0) is 32.6. The Balaban J connectivity index is 0.00000169. The fourth-order valence-electron chi connectivity index (χ4n) is 4.78. The molecule has 2 aromatic rings. The van der Waals surface area contributed by atoms with Gasteiger partial charge in [0.15, 0.2) is 5.82 Å². The largest absolute Gasteiger partial charge is 1.00 e. The number of allylic oxidation sites excluding steroid dienone is 2. The fraction of sp³-hybridized carbons (Fsp3) is 0.484. The summed E-state index contributed by atoms with van der Waals surface area (Å²) in [6, 6.07) is 4.95. The fourth-order valence-corrected chi connectivity index (χ4v) is 5.33. The number of aromatic nitrogens is 2. The molecule has 4 amide bonds. The number of rotatable bonds is 7. The second-order valence-corrected chi connectivity index (χ2v) is 11.6. The molecule has 4 rings (SSSR count). The number of benzene rings is 1. The van der Waals surface area contributed by atoms with Gasteiger partial charge in [0.2, 0.25) is 0 Å². The summed E-state index contributed by atoms with van der Waals surface area (Å²) in [6.45, 7) is 8.36. The van der Waals surface area contributed by atoms with Crippen molar-refractivity contribution in [1.29, 1.82) is 0 Å². The maximum absolute atomic E-state index is 14.1. The van der Waals surface area contributed by atoms with Crippen LogP contribution in [-0.4, -0.2) is 88.1 Å². The molecule has 2 fully saturated rings. The Morgan fingerprint density at radius 2 is 1.76 bits per heavy atom. The Morgan fingerprint density at radius 1 is 1.16 bits per heavy atom. The van der Waals surface area contributed by atoms with Crippen LogP contribution in [0.4, 0.5) is 19.3 Å². The van der Waals surface area contributed by atoms with Gasteiger partial charge < -0.3 is 31.4 Å². The van der Waals surface area contributed by atoms with Crippen LogP contribution in [0.3, 0.4) is 0 Å². The standard InChI is InChI=1S/C28H33BrF2N7O3.C3H8.K/c1-5-19(23(32-3)28(2,30)31)22-16-33-24(36(22)4)25(39)34-18-9-10-20(21(29)15-18)26(40)37-11-13-38(14-12-37)27(41)35-17-7-6-8-17;1-3-2;/h5-6,9-10,15-17H,7-8,11-14H2,1-4H3,(H,34,39)(H,35,41);3H2,1-2H3;/q-1;;+1/b19-5-,32-23?;;. The molecule has 1 aromatic carbocycles. The van der Waals surface area contributed by atoms with Crippen LogP contribution < -0.4 is 62.0 Å². The van der Waals surface area contributed by atoms with E-state index in [1.807, 2.05) is 0 Å². The first kappa shape index (κ1) is 39.2. The number of alkyl halides is 2. The summed E-state index contributed by atoms with van der Waals surface area (Å²) in [5, 5.41) is 5.74. The van der Waals surface area contributed by atoms with Gasteiger partial charge in [-0.3, -0.25) is 14.6 Å². The summed E-state index contributed by atoms with van der Waals surface area (Å²) in [5.41, 5.74) is 0.935. The third-order valence-electron chi connectivity index (χ3n) is 7.19. The molecule has 14 heteroatoms. The van der Waals surface area contributed by atoms with Crippen LogP contribution in [0.2, 0.25) is 0 Å². The zero-order valence-electron chi connectivity index (χ0n) is 27.1. The van der Waals surface area contributed by atoms with E-state index in [4.69, 9.17) is 0 Å². The van der Waals surface area contributed by atoms with E-state index in [-0.39, 0.29) is 80.8 Å². The molecular formula is C31H41BrF2KN7O3. The van der Waals surface area contributed by atoms with Crippen LogP contribution in [0.5, 0.6) is 0 Å². The number of aliphatic imine (C=N–C) groups is 1. The molecule has 1 saturated carbocycles. The van der Waals surface area contributed by atoms with Gasteiger partial charge in [-0.15, -0.1) is 0 Å². The van der Waals surface area contributed by atoms with Crippen molar-refractivity contribution >= 4 is 50.7 Å². The molecule has 2 aliphatic rings. The molecule has 1 aromatic heterocycles. The number of urea groups is 1. The Kier molecular flexibility index (Phi) is 15.5. The summed E-state index contributed by atoms with van der Waals surface area (Å²) >= 11 is 3.44. The first-order valence-corrected chi connectivity index (χ1v) is 15.5. The van der Waals surface area contributed by atoms with Crippen molar-refractivity contribution in [2.24, 2.45) is 12.0 Å². The summed E-state index contributed by atoms with van der Waals surface area (Å²) in [6.07, 6.45) is 8.03. The molecule has 1 aliphatic heterocycles. The van der Waals surface area contributed by atoms with Crippen LogP contribution >= 0.6 is 15.9 Å². The molecule has 0 unspecified atom stereocenters. The summed E-state index contributed by atoms with van der Waals surface area (Å²) in [7, 11) is 2.86. The molecular weight excluding hydrogens is 675 g/mol. The molecule has 0 atom stereocenters. The SMILES string of the molecule is C/C=C(\C(=NC)C(C)(F)F)c1cnc(C(=O)Nc2ccc(C(=O)N3CCN(C(=O)NC4C[CH-]C4)CC3)c(Br)c2)n1C.CCC.[K+]. The zero-order valence-corrected chi connectivity index (χ0v) is 31.8. The third kappa shape index (κ3) is 10.0. The molecule has 10 nitrogen and oxygen atoms in total. The van der Waals surface area contributed by atoms with E-state index in [9.17, 15) is 23.2 Å². The quantitative estimate of drug-likeness (QED) is 0.261. The maximum atomic E-state index is 14.1. The van der Waals surface area contributed by atoms with Crippen LogP contribution in [-0.2, 0) is 7.05 Å². The average Bonchev–Trinajstić information content (AvgIpc) is 3.34. The Bertz CT molecular complexity index is 1410. The number of nitrogens with zero attached hydrogens (tertiary/aromatic N) is 5. The molecule has 0 spiro atoms. The van der Waals surface area contributed by atoms with E-state index >= 15 is 0 Å². The van der Waals surface area contributed by atoms with Crippen molar-refractivity contribution in [3.8, 4) is 0 Å². The van der Waals surface area contributed by atoms with Crippen molar-refractivity contribution in [3.05, 3.63) is 58.4 Å². The molecule has 0 bridgehead atoms. The Hall–Kier alpha value is -1.97. The van der Waals surface area contributed by atoms with Crippen molar-refractivity contribution in [1.82, 2.24) is 24.7 Å². The normalized spacial score (nSPS) is 15.8. The van der Waals surface area contributed by atoms with Gasteiger partial charge in [0.05, 0.1) is 17.5 Å². The second kappa shape index (κ2) is 17.8. The molecule has 2 N–H and O–H groups in total. The number of nitrogens with one attached hydrogen (secondary N) is 2. The number of carbonyl (C=O) groups is 3. The van der Waals surface area contributed by atoms with E-state index in [2.05, 4.69) is 56.8 Å². The van der Waals surface area contributed by atoms with Crippen molar-refractivity contribution in [2.75, 3.05) is 38.5 Å². The summed E-state index contributed by atoms with van der Waals surface area (Å²) in [4.78, 5) is 49.9. The van der Waals surface area contributed by atoms with Gasteiger partial charge in [0.1, 0.15) is 5.71 Å². The number of hydrogen-bond acceptors (Lipinski definition) is 5. The van der Waals surface area contributed by atoms with Crippen molar-refractivity contribution in [2.45, 2.75) is 58.9 Å².